The van der Waals surface area contributed by atoms with Crippen molar-refractivity contribution >= 4 is 55.8 Å². The molecule has 0 spiro atoms. The van der Waals surface area contributed by atoms with Crippen molar-refractivity contribution in [3.05, 3.63) is 22.7 Å². The monoisotopic (exact) mass is 434 g/mol. The number of carbonyl (C=O) groups excluding carboxylic acids is 1. The van der Waals surface area contributed by atoms with Crippen LogP contribution in [0.2, 0.25) is 0 Å². The maximum atomic E-state index is 12.6. The van der Waals surface area contributed by atoms with Gasteiger partial charge < -0.3 is 5.32 Å². The fourth-order valence-corrected chi connectivity index (χ4v) is 2.80. The minimum atomic E-state index is -4.87. The number of rotatable bonds is 0. The molecule has 0 unspecified atom stereocenters. The number of hydrogen-bond donors (Lipinski definition) is 1. The van der Waals surface area contributed by atoms with Crippen molar-refractivity contribution < 1.29 is 18.0 Å². The van der Waals surface area contributed by atoms with Crippen LogP contribution in [0.4, 0.5) is 24.5 Å². The highest BCUT2D eigenvalue weighted by Crippen LogP contribution is 2.37. The fraction of sp³-hybridized carbons (Fsp3) is 0.300. The highest BCUT2D eigenvalue weighted by atomic mass is 127. The van der Waals surface area contributed by atoms with Gasteiger partial charge in [0, 0.05) is 11.0 Å². The van der Waals surface area contributed by atoms with Gasteiger partial charge >= 0.3 is 12.1 Å². The molecule has 0 aliphatic carbocycles. The molecule has 0 saturated heterocycles. The van der Waals surface area contributed by atoms with E-state index < -0.39 is 16.1 Å². The van der Waals surface area contributed by atoms with Crippen molar-refractivity contribution in [2.75, 3.05) is 16.8 Å². The number of anilines is 2. The predicted octanol–water partition coefficient (Wildman–Crippen LogP) is 3.53. The fourth-order valence-electron chi connectivity index (χ4n) is 1.67. The summed E-state index contributed by atoms with van der Waals surface area (Å²) in [6, 6.07) is 4.74. The smallest absolute Gasteiger partial charge is 0.380 e. The van der Waals surface area contributed by atoms with E-state index in [1.54, 1.807) is 12.1 Å². The molecule has 8 heteroatoms. The number of hydrogen-bond acceptors (Lipinski definition) is 2. The lowest BCUT2D eigenvalue weighted by molar-refractivity contribution is -0.170. The molecule has 18 heavy (non-hydrogen) atoms. The molecule has 0 radical (unpaired) electrons. The quantitative estimate of drug-likeness (QED) is 0.385. The summed E-state index contributed by atoms with van der Waals surface area (Å²) < 4.78 is 37.8. The van der Waals surface area contributed by atoms with Crippen molar-refractivity contribution in [3.63, 3.8) is 0 Å². The second-order valence-corrected chi connectivity index (χ2v) is 6.00. The number of amides is 1. The van der Waals surface area contributed by atoms with Gasteiger partial charge in [0.15, 0.2) is 0 Å². The average molecular weight is 435 g/mol. The normalized spacial score (nSPS) is 19.2. The topological polar surface area (TPSA) is 32.3 Å². The summed E-state index contributed by atoms with van der Waals surface area (Å²) in [6.45, 7) is 0.270. The van der Waals surface area contributed by atoms with Gasteiger partial charge in [0.05, 0.1) is 11.4 Å². The molecule has 0 aromatic heterocycles. The van der Waals surface area contributed by atoms with Crippen LogP contribution in [-0.2, 0) is 4.79 Å². The molecule has 1 N–H and O–H groups in total. The van der Waals surface area contributed by atoms with Crippen LogP contribution in [0.1, 0.15) is 0 Å². The number of nitrogens with zero attached hydrogens (tertiary/aromatic N) is 1. The van der Waals surface area contributed by atoms with Gasteiger partial charge in [-0.3, -0.25) is 9.69 Å². The van der Waals surface area contributed by atoms with E-state index in [0.29, 0.717) is 5.69 Å². The highest BCUT2D eigenvalue weighted by molar-refractivity contribution is 14.1. The van der Waals surface area contributed by atoms with Gasteiger partial charge in [0.25, 0.3) is 0 Å². The van der Waals surface area contributed by atoms with Crippen LogP contribution in [-0.4, -0.2) is 22.7 Å². The van der Waals surface area contributed by atoms with E-state index in [4.69, 9.17) is 0 Å². The van der Waals surface area contributed by atoms with E-state index in [1.165, 1.54) is 6.07 Å². The summed E-state index contributed by atoms with van der Waals surface area (Å²) in [5.41, 5.74) is 0.751. The first-order chi connectivity index (χ1) is 8.30. The third-order valence-corrected chi connectivity index (χ3v) is 3.91. The van der Waals surface area contributed by atoms with Crippen LogP contribution in [0, 0.1) is 0 Å². The van der Waals surface area contributed by atoms with Crippen LogP contribution < -0.4 is 10.2 Å². The molecule has 0 bridgehead atoms. The Kier molecular flexibility index (Phi) is 3.77. The lowest BCUT2D eigenvalue weighted by Crippen LogP contribution is -2.49. The van der Waals surface area contributed by atoms with E-state index in [1.807, 2.05) is 22.6 Å². The van der Waals surface area contributed by atoms with Crippen LogP contribution in [0.25, 0.3) is 0 Å². The molecule has 3 nitrogen and oxygen atoms in total. The Bertz CT molecular complexity index is 495. The van der Waals surface area contributed by atoms with Crippen molar-refractivity contribution in [2.24, 2.45) is 0 Å². The first-order valence-electron chi connectivity index (χ1n) is 4.88. The Morgan fingerprint density at radius 2 is 2.17 bits per heavy atom. The zero-order valence-electron chi connectivity index (χ0n) is 8.76. The molecular weight excluding hydrogens is 428 g/mol. The lowest BCUT2D eigenvalue weighted by atomic mass is 10.2. The Morgan fingerprint density at radius 1 is 1.50 bits per heavy atom. The van der Waals surface area contributed by atoms with Gasteiger partial charge in [-0.15, -0.1) is 0 Å². The van der Waals surface area contributed by atoms with Crippen LogP contribution >= 0.6 is 38.5 Å². The maximum absolute atomic E-state index is 12.6. The molecule has 2 rings (SSSR count). The zero-order chi connectivity index (χ0) is 13.5. The molecule has 1 atom stereocenters. The third-order valence-electron chi connectivity index (χ3n) is 2.42. The van der Waals surface area contributed by atoms with E-state index >= 15 is 0 Å². The Labute approximate surface area is 123 Å². The molecule has 0 saturated carbocycles. The van der Waals surface area contributed by atoms with E-state index in [9.17, 15) is 18.0 Å². The van der Waals surface area contributed by atoms with Crippen molar-refractivity contribution in [1.82, 2.24) is 0 Å². The zero-order valence-corrected chi connectivity index (χ0v) is 12.5. The maximum Gasteiger partial charge on any atom is 0.471 e. The summed E-state index contributed by atoms with van der Waals surface area (Å²) in [5, 5.41) is 2.99. The second-order valence-electron chi connectivity index (χ2n) is 3.65. The molecule has 98 valence electrons. The number of halogens is 5. The van der Waals surface area contributed by atoms with Crippen LogP contribution in [0.5, 0.6) is 0 Å². The van der Waals surface area contributed by atoms with E-state index in [-0.39, 0.29) is 12.2 Å². The van der Waals surface area contributed by atoms with Gasteiger partial charge in [-0.2, -0.15) is 13.2 Å². The Morgan fingerprint density at radius 3 is 2.78 bits per heavy atom. The van der Waals surface area contributed by atoms with E-state index in [2.05, 4.69) is 21.2 Å². The summed E-state index contributed by atoms with van der Waals surface area (Å²) >= 11 is 5.04. The van der Waals surface area contributed by atoms with Gasteiger partial charge in [0.2, 0.25) is 0 Å². The average Bonchev–Trinajstić information content (AvgIpc) is 2.27. The van der Waals surface area contributed by atoms with Gasteiger partial charge in [0.1, 0.15) is 4.05 Å². The molecule has 1 aliphatic heterocycles. The van der Waals surface area contributed by atoms with Crippen LogP contribution in [0.15, 0.2) is 22.7 Å². The van der Waals surface area contributed by atoms with Crippen molar-refractivity contribution in [1.29, 1.82) is 0 Å². The summed E-state index contributed by atoms with van der Waals surface area (Å²) in [5.74, 6) is -1.84. The second kappa shape index (κ2) is 4.87. The SMILES string of the molecule is O=C(N1c2ccc(Br)cc2NC[C@@H]1I)C(F)(F)F. The minimum absolute atomic E-state index is 0.242. The summed E-state index contributed by atoms with van der Waals surface area (Å²) in [7, 11) is 0. The first kappa shape index (κ1) is 13.9. The predicted molar refractivity (Wildman–Crippen MR) is 74.0 cm³/mol. The first-order valence-corrected chi connectivity index (χ1v) is 6.92. The van der Waals surface area contributed by atoms with E-state index in [0.717, 1.165) is 9.37 Å². The molecule has 1 aliphatic rings. The molecule has 0 fully saturated rings. The number of benzene rings is 1. The van der Waals surface area contributed by atoms with Crippen molar-refractivity contribution in [3.8, 4) is 0 Å². The molecule has 1 aromatic carbocycles. The molecular formula is C10H7BrF3IN2O. The third kappa shape index (κ3) is 2.58. The number of nitrogens with one attached hydrogen (secondary N) is 1. The number of alkyl halides is 4. The van der Waals surface area contributed by atoms with Crippen molar-refractivity contribution in [2.45, 2.75) is 10.2 Å². The highest BCUT2D eigenvalue weighted by Gasteiger charge is 2.46. The minimum Gasteiger partial charge on any atom is -0.380 e. The standard InChI is InChI=1S/C10H7BrF3IN2O/c11-5-1-2-7-6(3-5)16-4-8(15)17(7)9(18)10(12,13)14/h1-3,8,16H,4H2/t8-/m1/s1. The number of carbonyl (C=O) groups is 1. The molecule has 1 aromatic rings. The molecule has 1 heterocycles. The van der Waals surface area contributed by atoms with Gasteiger partial charge in [-0.25, -0.2) is 0 Å². The molecule has 1 amide bonds. The Balaban J connectivity index is 2.46. The summed E-state index contributed by atoms with van der Waals surface area (Å²) in [6.07, 6.45) is -4.87. The van der Waals surface area contributed by atoms with Gasteiger partial charge in [-0.05, 0) is 18.2 Å². The lowest BCUT2D eigenvalue weighted by Gasteiger charge is -2.35. The Hall–Kier alpha value is -0.510. The van der Waals surface area contributed by atoms with Gasteiger partial charge in [-0.1, -0.05) is 38.5 Å². The summed E-state index contributed by atoms with van der Waals surface area (Å²) in [4.78, 5) is 12.2. The largest absolute Gasteiger partial charge is 0.471 e. The van der Waals surface area contributed by atoms with Crippen LogP contribution in [0.3, 0.4) is 0 Å². The number of fused-ring (bicyclic) bond motifs is 1.